The molecule has 2 atom stereocenters. The maximum Gasteiger partial charge on any atom is 0.0728 e. The average Bonchev–Trinajstić information content (AvgIpc) is 2.92. The number of nitrogens with one attached hydrogen (secondary N) is 1. The molecule has 17 heavy (non-hydrogen) atoms. The summed E-state index contributed by atoms with van der Waals surface area (Å²) in [5.74, 6) is 0. The molecule has 1 aromatic rings. The van der Waals surface area contributed by atoms with Crippen LogP contribution in [-0.2, 0) is 11.3 Å². The minimum absolute atomic E-state index is 0.617. The van der Waals surface area contributed by atoms with Crippen LogP contribution >= 0.6 is 0 Å². The maximum atomic E-state index is 5.13. The largest absolute Gasteiger partial charge is 0.380 e. The summed E-state index contributed by atoms with van der Waals surface area (Å²) in [6.07, 6.45) is 9.93. The minimum atomic E-state index is 0.617. The molecule has 0 amide bonds. The number of methoxy groups -OCH3 is 1. The Morgan fingerprint density at radius 1 is 1.47 bits per heavy atom. The standard InChI is InChI=1S/C14H18N2O/c1-17-9-11-4-10(7-15-8-11)5-12-6-13-2-3-14(12)16-13/h4-5,7-8,13-14,16H,2-3,6,9H2,1H3/b12-5+. The van der Waals surface area contributed by atoms with Gasteiger partial charge in [-0.1, -0.05) is 11.6 Å². The lowest BCUT2D eigenvalue weighted by Crippen LogP contribution is -2.18. The number of fused-ring (bicyclic) bond motifs is 2. The quantitative estimate of drug-likeness (QED) is 0.863. The van der Waals surface area contributed by atoms with Gasteiger partial charge in [-0.15, -0.1) is 0 Å². The maximum absolute atomic E-state index is 5.13. The van der Waals surface area contributed by atoms with Crippen LogP contribution in [0.1, 0.15) is 30.4 Å². The van der Waals surface area contributed by atoms with Crippen LogP contribution in [0.5, 0.6) is 0 Å². The highest BCUT2D eigenvalue weighted by Crippen LogP contribution is 2.33. The lowest BCUT2D eigenvalue weighted by molar-refractivity contribution is 0.184. The van der Waals surface area contributed by atoms with Gasteiger partial charge in [-0.3, -0.25) is 4.98 Å². The van der Waals surface area contributed by atoms with Gasteiger partial charge in [0.25, 0.3) is 0 Å². The van der Waals surface area contributed by atoms with Crippen LogP contribution in [-0.4, -0.2) is 24.2 Å². The van der Waals surface area contributed by atoms with Crippen molar-refractivity contribution in [1.29, 1.82) is 0 Å². The molecule has 2 saturated heterocycles. The molecule has 0 spiro atoms. The molecule has 1 aromatic heterocycles. The van der Waals surface area contributed by atoms with Gasteiger partial charge < -0.3 is 10.1 Å². The van der Waals surface area contributed by atoms with Crippen molar-refractivity contribution in [2.75, 3.05) is 7.11 Å². The molecule has 3 heteroatoms. The van der Waals surface area contributed by atoms with Crippen LogP contribution in [0.25, 0.3) is 6.08 Å². The third kappa shape index (κ3) is 2.26. The van der Waals surface area contributed by atoms with E-state index in [1.165, 1.54) is 30.4 Å². The lowest BCUT2D eigenvalue weighted by Gasteiger charge is -2.11. The van der Waals surface area contributed by atoms with Crippen molar-refractivity contribution in [3.05, 3.63) is 35.2 Å². The second-order valence-corrected chi connectivity index (χ2v) is 4.98. The van der Waals surface area contributed by atoms with Crippen molar-refractivity contribution in [2.24, 2.45) is 0 Å². The molecule has 2 aliphatic heterocycles. The Morgan fingerprint density at radius 3 is 3.12 bits per heavy atom. The van der Waals surface area contributed by atoms with E-state index >= 15 is 0 Å². The summed E-state index contributed by atoms with van der Waals surface area (Å²) in [7, 11) is 1.71. The predicted molar refractivity (Wildman–Crippen MR) is 67.5 cm³/mol. The van der Waals surface area contributed by atoms with Crippen molar-refractivity contribution in [1.82, 2.24) is 10.3 Å². The summed E-state index contributed by atoms with van der Waals surface area (Å²) in [4.78, 5) is 4.26. The van der Waals surface area contributed by atoms with Gasteiger partial charge in [-0.05, 0) is 36.5 Å². The first-order valence-corrected chi connectivity index (χ1v) is 6.24. The van der Waals surface area contributed by atoms with Gasteiger partial charge >= 0.3 is 0 Å². The number of pyridine rings is 1. The van der Waals surface area contributed by atoms with Crippen LogP contribution in [0.15, 0.2) is 24.0 Å². The SMILES string of the molecule is COCc1cncc(/C=C2\CC3CCC2N3)c1. The zero-order chi connectivity index (χ0) is 11.7. The number of nitrogens with zero attached hydrogens (tertiary/aromatic N) is 1. The van der Waals surface area contributed by atoms with Gasteiger partial charge in [0.05, 0.1) is 6.61 Å². The first-order chi connectivity index (χ1) is 8.35. The van der Waals surface area contributed by atoms with Crippen LogP contribution in [0, 0.1) is 0 Å². The van der Waals surface area contributed by atoms with E-state index in [-0.39, 0.29) is 0 Å². The molecule has 3 rings (SSSR count). The van der Waals surface area contributed by atoms with E-state index in [9.17, 15) is 0 Å². The van der Waals surface area contributed by atoms with Crippen molar-refractivity contribution in [3.8, 4) is 0 Å². The zero-order valence-corrected chi connectivity index (χ0v) is 10.1. The molecule has 3 heterocycles. The van der Waals surface area contributed by atoms with E-state index in [4.69, 9.17) is 4.74 Å². The van der Waals surface area contributed by atoms with Gasteiger partial charge in [0, 0.05) is 31.6 Å². The molecule has 3 nitrogen and oxygen atoms in total. The summed E-state index contributed by atoms with van der Waals surface area (Å²) >= 11 is 0. The second kappa shape index (κ2) is 4.59. The number of hydrogen-bond donors (Lipinski definition) is 1. The summed E-state index contributed by atoms with van der Waals surface area (Å²) in [5.41, 5.74) is 3.87. The fourth-order valence-corrected chi connectivity index (χ4v) is 2.91. The van der Waals surface area contributed by atoms with Crippen LogP contribution in [0.3, 0.4) is 0 Å². The molecule has 0 aromatic carbocycles. The Bertz CT molecular complexity index is 442. The Labute approximate surface area is 102 Å². The fourth-order valence-electron chi connectivity index (χ4n) is 2.91. The van der Waals surface area contributed by atoms with Crippen molar-refractivity contribution >= 4 is 6.08 Å². The van der Waals surface area contributed by atoms with Crippen molar-refractivity contribution in [2.45, 2.75) is 38.0 Å². The van der Waals surface area contributed by atoms with E-state index in [0.29, 0.717) is 12.6 Å². The summed E-state index contributed by atoms with van der Waals surface area (Å²) in [6, 6.07) is 3.50. The van der Waals surface area contributed by atoms with E-state index in [1.807, 2.05) is 12.4 Å². The molecular weight excluding hydrogens is 212 g/mol. The normalized spacial score (nSPS) is 29.1. The van der Waals surface area contributed by atoms with Gasteiger partial charge in [0.15, 0.2) is 0 Å². The molecular formula is C14H18N2O. The minimum Gasteiger partial charge on any atom is -0.380 e. The molecule has 2 unspecified atom stereocenters. The van der Waals surface area contributed by atoms with Gasteiger partial charge in [0.1, 0.15) is 0 Å². The second-order valence-electron chi connectivity index (χ2n) is 4.98. The third-order valence-corrected chi connectivity index (χ3v) is 3.65. The monoisotopic (exact) mass is 230 g/mol. The Kier molecular flexibility index (Phi) is 2.95. The molecule has 0 radical (unpaired) electrons. The summed E-state index contributed by atoms with van der Waals surface area (Å²) < 4.78 is 5.13. The molecule has 2 aliphatic rings. The summed E-state index contributed by atoms with van der Waals surface area (Å²) in [6.45, 7) is 0.633. The number of aromatic nitrogens is 1. The molecule has 0 aliphatic carbocycles. The van der Waals surface area contributed by atoms with Crippen molar-refractivity contribution < 1.29 is 4.74 Å². The molecule has 0 saturated carbocycles. The lowest BCUT2D eigenvalue weighted by atomic mass is 9.93. The van der Waals surface area contributed by atoms with Gasteiger partial charge in [-0.25, -0.2) is 0 Å². The smallest absolute Gasteiger partial charge is 0.0728 e. The molecule has 1 N–H and O–H groups in total. The summed E-state index contributed by atoms with van der Waals surface area (Å²) in [5, 5.41) is 3.62. The van der Waals surface area contributed by atoms with E-state index in [0.717, 1.165) is 11.6 Å². The first-order valence-electron chi connectivity index (χ1n) is 6.24. The fraction of sp³-hybridized carbons (Fsp3) is 0.500. The van der Waals surface area contributed by atoms with Crippen LogP contribution in [0.4, 0.5) is 0 Å². The van der Waals surface area contributed by atoms with E-state index < -0.39 is 0 Å². The molecule has 90 valence electrons. The number of rotatable bonds is 3. The van der Waals surface area contributed by atoms with Gasteiger partial charge in [0.2, 0.25) is 0 Å². The Balaban J connectivity index is 1.80. The van der Waals surface area contributed by atoms with E-state index in [2.05, 4.69) is 22.4 Å². The Morgan fingerprint density at radius 2 is 2.41 bits per heavy atom. The predicted octanol–water partition coefficient (Wildman–Crippen LogP) is 2.14. The molecule has 2 bridgehead atoms. The first kappa shape index (κ1) is 10.9. The van der Waals surface area contributed by atoms with Crippen LogP contribution < -0.4 is 5.32 Å². The topological polar surface area (TPSA) is 34.1 Å². The average molecular weight is 230 g/mol. The van der Waals surface area contributed by atoms with E-state index in [1.54, 1.807) is 7.11 Å². The molecule has 2 fully saturated rings. The van der Waals surface area contributed by atoms with Crippen LogP contribution in [0.2, 0.25) is 0 Å². The number of ether oxygens (including phenoxy) is 1. The van der Waals surface area contributed by atoms with Crippen molar-refractivity contribution in [3.63, 3.8) is 0 Å². The Hall–Kier alpha value is -1.19. The zero-order valence-electron chi connectivity index (χ0n) is 10.1. The van der Waals surface area contributed by atoms with Gasteiger partial charge in [-0.2, -0.15) is 0 Å². The number of hydrogen-bond acceptors (Lipinski definition) is 3. The third-order valence-electron chi connectivity index (χ3n) is 3.65. The highest BCUT2D eigenvalue weighted by Gasteiger charge is 2.34. The highest BCUT2D eigenvalue weighted by atomic mass is 16.5. The highest BCUT2D eigenvalue weighted by molar-refractivity contribution is 5.55.